The molecule has 5 nitrogen and oxygen atoms in total. The molecule has 1 aromatic heterocycles. The molecule has 0 unspecified atom stereocenters. The van der Waals surface area contributed by atoms with Crippen molar-refractivity contribution in [3.8, 4) is 5.75 Å². The number of aryl methyl sites for hydroxylation is 1. The smallest absolute Gasteiger partial charge is 0.271 e. The van der Waals surface area contributed by atoms with E-state index in [0.717, 1.165) is 5.56 Å². The van der Waals surface area contributed by atoms with Crippen LogP contribution in [-0.2, 0) is 6.61 Å². The molecule has 2 N–H and O–H groups in total. The van der Waals surface area contributed by atoms with Crippen molar-refractivity contribution in [1.82, 2.24) is 10.3 Å². The number of aromatic nitrogens is 1. The predicted molar refractivity (Wildman–Crippen MR) is 80.6 cm³/mol. The largest absolute Gasteiger partial charge is 0.483 e. The summed E-state index contributed by atoms with van der Waals surface area (Å²) in [6, 6.07) is 10.9. The van der Waals surface area contributed by atoms with Crippen LogP contribution < -0.4 is 15.5 Å². The minimum absolute atomic E-state index is 0.0513. The summed E-state index contributed by atoms with van der Waals surface area (Å²) in [5.41, 5.74) is 1.41. The number of benzene rings is 1. The van der Waals surface area contributed by atoms with Gasteiger partial charge in [0, 0.05) is 18.3 Å². The molecule has 0 atom stereocenters. The van der Waals surface area contributed by atoms with E-state index in [0.29, 0.717) is 12.2 Å². The number of carbonyl (C=O) groups is 1. The zero-order chi connectivity index (χ0) is 15.2. The average molecular weight is 286 g/mol. The second kappa shape index (κ2) is 6.74. The fraction of sp³-hybridized carbons (Fsp3) is 0.250. The molecule has 1 heterocycles. The van der Waals surface area contributed by atoms with Crippen LogP contribution in [0.5, 0.6) is 5.75 Å². The summed E-state index contributed by atoms with van der Waals surface area (Å²) >= 11 is 0. The molecule has 0 bridgehead atoms. The van der Waals surface area contributed by atoms with E-state index in [-0.39, 0.29) is 29.4 Å². The number of pyridine rings is 1. The minimum atomic E-state index is -0.346. The van der Waals surface area contributed by atoms with Gasteiger partial charge in [0.05, 0.1) is 0 Å². The minimum Gasteiger partial charge on any atom is -0.483 e. The highest BCUT2D eigenvalue weighted by Crippen LogP contribution is 2.13. The van der Waals surface area contributed by atoms with Crippen molar-refractivity contribution in [2.24, 2.45) is 0 Å². The second-order valence-corrected chi connectivity index (χ2v) is 4.65. The SMILES string of the molecule is CCNC(=O)c1[nH]c(C)cc(=O)c1OCc1ccccc1. The van der Waals surface area contributed by atoms with E-state index in [9.17, 15) is 9.59 Å². The molecular formula is C16H18N2O3. The van der Waals surface area contributed by atoms with Crippen molar-refractivity contribution < 1.29 is 9.53 Å². The van der Waals surface area contributed by atoms with Crippen LogP contribution in [0.2, 0.25) is 0 Å². The summed E-state index contributed by atoms with van der Waals surface area (Å²) in [5.74, 6) is -0.295. The third-order valence-electron chi connectivity index (χ3n) is 2.91. The zero-order valence-corrected chi connectivity index (χ0v) is 12.1. The monoisotopic (exact) mass is 286 g/mol. The van der Waals surface area contributed by atoms with Crippen molar-refractivity contribution >= 4 is 5.91 Å². The lowest BCUT2D eigenvalue weighted by atomic mass is 10.2. The molecule has 0 aliphatic carbocycles. The van der Waals surface area contributed by atoms with Gasteiger partial charge in [0.1, 0.15) is 6.61 Å². The Morgan fingerprint density at radius 2 is 2.00 bits per heavy atom. The summed E-state index contributed by atoms with van der Waals surface area (Å²) in [5, 5.41) is 2.67. The van der Waals surface area contributed by atoms with Gasteiger partial charge in [-0.25, -0.2) is 0 Å². The van der Waals surface area contributed by atoms with Gasteiger partial charge in [0.25, 0.3) is 5.91 Å². The van der Waals surface area contributed by atoms with Crippen molar-refractivity contribution in [2.45, 2.75) is 20.5 Å². The van der Waals surface area contributed by atoms with E-state index in [2.05, 4.69) is 10.3 Å². The maximum atomic E-state index is 12.1. The molecule has 0 aliphatic rings. The highest BCUT2D eigenvalue weighted by atomic mass is 16.5. The van der Waals surface area contributed by atoms with E-state index < -0.39 is 0 Å². The first-order valence-corrected chi connectivity index (χ1v) is 6.80. The predicted octanol–water partition coefficient (Wildman–Crippen LogP) is 2.01. The van der Waals surface area contributed by atoms with Crippen LogP contribution in [0.4, 0.5) is 0 Å². The van der Waals surface area contributed by atoms with Gasteiger partial charge >= 0.3 is 0 Å². The molecule has 5 heteroatoms. The molecule has 0 fully saturated rings. The zero-order valence-electron chi connectivity index (χ0n) is 12.1. The van der Waals surface area contributed by atoms with Crippen molar-refractivity contribution in [2.75, 3.05) is 6.54 Å². The number of nitrogens with one attached hydrogen (secondary N) is 2. The van der Waals surface area contributed by atoms with Gasteiger partial charge in [-0.2, -0.15) is 0 Å². The van der Waals surface area contributed by atoms with Gasteiger partial charge in [-0.1, -0.05) is 30.3 Å². The van der Waals surface area contributed by atoms with Crippen molar-refractivity contribution in [3.05, 3.63) is 63.6 Å². The first-order chi connectivity index (χ1) is 10.1. The van der Waals surface area contributed by atoms with E-state index in [1.54, 1.807) is 6.92 Å². The molecule has 2 rings (SSSR count). The molecular weight excluding hydrogens is 268 g/mol. The molecule has 1 amide bonds. The van der Waals surface area contributed by atoms with Gasteiger partial charge in [-0.3, -0.25) is 9.59 Å². The van der Waals surface area contributed by atoms with E-state index in [1.807, 2.05) is 37.3 Å². The first kappa shape index (κ1) is 14.8. The van der Waals surface area contributed by atoms with Gasteiger partial charge < -0.3 is 15.0 Å². The molecule has 110 valence electrons. The molecule has 0 spiro atoms. The Labute approximate surface area is 123 Å². The van der Waals surface area contributed by atoms with Gasteiger partial charge in [0.2, 0.25) is 5.43 Å². The maximum Gasteiger partial charge on any atom is 0.271 e. The van der Waals surface area contributed by atoms with Crippen LogP contribution in [0.25, 0.3) is 0 Å². The molecule has 0 aliphatic heterocycles. The van der Waals surface area contributed by atoms with Gasteiger partial charge in [0.15, 0.2) is 11.4 Å². The van der Waals surface area contributed by atoms with Crippen LogP contribution in [0, 0.1) is 6.92 Å². The van der Waals surface area contributed by atoms with Crippen LogP contribution in [-0.4, -0.2) is 17.4 Å². The summed E-state index contributed by atoms with van der Waals surface area (Å²) in [6.07, 6.45) is 0. The number of ether oxygens (including phenoxy) is 1. The van der Waals surface area contributed by atoms with E-state index in [1.165, 1.54) is 6.07 Å². The van der Waals surface area contributed by atoms with Crippen molar-refractivity contribution in [3.63, 3.8) is 0 Å². The highest BCUT2D eigenvalue weighted by molar-refractivity contribution is 5.94. The highest BCUT2D eigenvalue weighted by Gasteiger charge is 2.16. The van der Waals surface area contributed by atoms with Crippen LogP contribution in [0.3, 0.4) is 0 Å². The Hall–Kier alpha value is -2.56. The van der Waals surface area contributed by atoms with Gasteiger partial charge in [-0.05, 0) is 19.4 Å². The number of hydrogen-bond donors (Lipinski definition) is 2. The fourth-order valence-electron chi connectivity index (χ4n) is 1.96. The summed E-state index contributed by atoms with van der Waals surface area (Å²) < 4.78 is 5.57. The maximum absolute atomic E-state index is 12.1. The lowest BCUT2D eigenvalue weighted by Crippen LogP contribution is -2.27. The number of aromatic amines is 1. The van der Waals surface area contributed by atoms with Crippen LogP contribution >= 0.6 is 0 Å². The normalized spacial score (nSPS) is 10.2. The summed E-state index contributed by atoms with van der Waals surface area (Å²) in [7, 11) is 0. The molecule has 0 saturated carbocycles. The quantitative estimate of drug-likeness (QED) is 0.883. The fourth-order valence-corrected chi connectivity index (χ4v) is 1.96. The standard InChI is InChI=1S/C16H18N2O3/c1-3-17-16(20)14-15(13(19)9-11(2)18-14)21-10-12-7-5-4-6-8-12/h4-9H,3,10H2,1-2H3,(H,17,20)(H,18,19). The molecule has 0 saturated heterocycles. The number of carbonyl (C=O) groups excluding carboxylic acids is 1. The second-order valence-electron chi connectivity index (χ2n) is 4.65. The first-order valence-electron chi connectivity index (χ1n) is 6.80. The number of hydrogen-bond acceptors (Lipinski definition) is 3. The summed E-state index contributed by atoms with van der Waals surface area (Å²) in [4.78, 5) is 27.0. The van der Waals surface area contributed by atoms with Crippen LogP contribution in [0.1, 0.15) is 28.7 Å². The lowest BCUT2D eigenvalue weighted by molar-refractivity contribution is 0.0945. The third kappa shape index (κ3) is 3.72. The Morgan fingerprint density at radius 1 is 1.29 bits per heavy atom. The number of amides is 1. The third-order valence-corrected chi connectivity index (χ3v) is 2.91. The van der Waals surface area contributed by atoms with Crippen molar-refractivity contribution in [1.29, 1.82) is 0 Å². The Kier molecular flexibility index (Phi) is 4.77. The van der Waals surface area contributed by atoms with E-state index in [4.69, 9.17) is 4.74 Å². The van der Waals surface area contributed by atoms with Crippen LogP contribution in [0.15, 0.2) is 41.2 Å². The number of H-pyrrole nitrogens is 1. The average Bonchev–Trinajstić information content (AvgIpc) is 2.47. The number of rotatable bonds is 5. The van der Waals surface area contributed by atoms with E-state index >= 15 is 0 Å². The molecule has 21 heavy (non-hydrogen) atoms. The molecule has 1 aromatic carbocycles. The lowest BCUT2D eigenvalue weighted by Gasteiger charge is -2.11. The molecule has 0 radical (unpaired) electrons. The Morgan fingerprint density at radius 3 is 2.67 bits per heavy atom. The summed E-state index contributed by atoms with van der Waals surface area (Å²) in [6.45, 7) is 4.26. The Bertz CT molecular complexity index is 678. The molecule has 2 aromatic rings. The Balaban J connectivity index is 2.29. The topological polar surface area (TPSA) is 71.2 Å². The van der Waals surface area contributed by atoms with Gasteiger partial charge in [-0.15, -0.1) is 0 Å².